The molecular formula is C34H28F4N4S3. The summed E-state index contributed by atoms with van der Waals surface area (Å²) in [5.74, 6) is -5.10. The number of rotatable bonds is 10. The van der Waals surface area contributed by atoms with Gasteiger partial charge in [0.25, 0.3) is 0 Å². The van der Waals surface area contributed by atoms with Crippen LogP contribution in [0.3, 0.4) is 0 Å². The molecule has 4 aromatic rings. The largest absolute Gasteiger partial charge is 0.202 e. The van der Waals surface area contributed by atoms with Gasteiger partial charge in [0, 0.05) is 10.8 Å². The van der Waals surface area contributed by atoms with Gasteiger partial charge in [0.15, 0.2) is 23.3 Å². The molecule has 3 aromatic heterocycles. The van der Waals surface area contributed by atoms with E-state index in [1.165, 1.54) is 0 Å². The lowest BCUT2D eigenvalue weighted by molar-refractivity contribution is 0.508. The number of unbranched alkanes of at least 4 members (excludes halogenated alkanes) is 6. The van der Waals surface area contributed by atoms with Crippen LogP contribution in [0.5, 0.6) is 0 Å². The number of fused-ring (bicyclic) bond motifs is 1. The molecule has 0 fully saturated rings. The number of hydrogen-bond donors (Lipinski definition) is 0. The van der Waals surface area contributed by atoms with Gasteiger partial charge in [-0.25, -0.2) is 17.6 Å². The fraction of sp³-hybridized carbons (Fsp3) is 0.353. The number of aryl methyl sites for hydroxylation is 2. The summed E-state index contributed by atoms with van der Waals surface area (Å²) in [5, 5.41) is 38.3. The summed E-state index contributed by atoms with van der Waals surface area (Å²) in [5.41, 5.74) is 0.953. The van der Waals surface area contributed by atoms with Crippen LogP contribution in [0, 0.1) is 86.7 Å². The molecule has 4 rings (SSSR count). The van der Waals surface area contributed by atoms with Gasteiger partial charge >= 0.3 is 0 Å². The predicted molar refractivity (Wildman–Crippen MR) is 170 cm³/mol. The van der Waals surface area contributed by atoms with Gasteiger partial charge in [0.05, 0.1) is 27.2 Å². The molecule has 45 heavy (non-hydrogen) atoms. The third-order valence-electron chi connectivity index (χ3n) is 7.54. The highest BCUT2D eigenvalue weighted by Crippen LogP contribution is 2.33. The lowest BCUT2D eigenvalue weighted by Crippen LogP contribution is -2.03. The molecule has 0 aliphatic carbocycles. The van der Waals surface area contributed by atoms with Crippen LogP contribution < -0.4 is 9.06 Å². The van der Waals surface area contributed by atoms with Crippen molar-refractivity contribution >= 4 is 55.9 Å². The zero-order valence-corrected chi connectivity index (χ0v) is 27.2. The second-order valence-corrected chi connectivity index (χ2v) is 13.6. The van der Waals surface area contributed by atoms with Crippen molar-refractivity contribution in [3.8, 4) is 24.3 Å². The Morgan fingerprint density at radius 2 is 0.911 bits per heavy atom. The third kappa shape index (κ3) is 6.82. The molecule has 4 nitrogen and oxygen atoms in total. The van der Waals surface area contributed by atoms with E-state index in [1.807, 2.05) is 12.1 Å². The average Bonchev–Trinajstić information content (AvgIpc) is 3.65. The van der Waals surface area contributed by atoms with E-state index < -0.39 is 43.5 Å². The maximum Gasteiger partial charge on any atom is 0.179 e. The van der Waals surface area contributed by atoms with Gasteiger partial charge < -0.3 is 0 Å². The SMILES string of the molecule is CCCCCCc1cc2/c(=c3/sc(=C(C#N)C#N)c(F)c3F)s/c(=c3/sc(=C(C#N)C#N)c(F)c3F)c2cc1CCCCCC. The van der Waals surface area contributed by atoms with Crippen molar-refractivity contribution in [3.63, 3.8) is 0 Å². The van der Waals surface area contributed by atoms with Crippen LogP contribution in [0.4, 0.5) is 17.6 Å². The molecule has 0 spiro atoms. The Labute approximate surface area is 269 Å². The van der Waals surface area contributed by atoms with Crippen molar-refractivity contribution in [1.82, 2.24) is 0 Å². The van der Waals surface area contributed by atoms with E-state index in [0.717, 1.165) is 86.7 Å². The lowest BCUT2D eigenvalue weighted by atomic mass is 9.94. The van der Waals surface area contributed by atoms with Crippen LogP contribution in [0.1, 0.15) is 76.3 Å². The van der Waals surface area contributed by atoms with Crippen LogP contribution >= 0.6 is 34.0 Å². The molecule has 0 radical (unpaired) electrons. The first kappa shape index (κ1) is 33.9. The summed E-state index contributed by atoms with van der Waals surface area (Å²) in [7, 11) is 0. The summed E-state index contributed by atoms with van der Waals surface area (Å²) in [6.45, 7) is 4.25. The molecule has 0 aliphatic rings. The molecule has 0 aliphatic heterocycles. The van der Waals surface area contributed by atoms with E-state index in [-0.39, 0.29) is 18.1 Å². The number of nitriles is 4. The average molecular weight is 665 g/mol. The van der Waals surface area contributed by atoms with Crippen LogP contribution in [0.25, 0.3) is 21.9 Å². The molecule has 230 valence electrons. The number of benzene rings is 1. The highest BCUT2D eigenvalue weighted by atomic mass is 32.1. The molecule has 0 bridgehead atoms. The number of halogens is 4. The number of nitrogens with zero attached hydrogens (tertiary/aromatic N) is 4. The predicted octanol–water partition coefficient (Wildman–Crippen LogP) is 8.80. The summed E-state index contributed by atoms with van der Waals surface area (Å²) in [4.78, 5) is 0. The Morgan fingerprint density at radius 3 is 1.24 bits per heavy atom. The fourth-order valence-electron chi connectivity index (χ4n) is 5.21. The minimum Gasteiger partial charge on any atom is -0.202 e. The maximum atomic E-state index is 15.5. The molecule has 11 heteroatoms. The van der Waals surface area contributed by atoms with E-state index in [0.29, 0.717) is 33.4 Å². The smallest absolute Gasteiger partial charge is 0.179 e. The third-order valence-corrected chi connectivity index (χ3v) is 11.4. The van der Waals surface area contributed by atoms with Crippen LogP contribution in [-0.2, 0) is 12.8 Å². The van der Waals surface area contributed by atoms with Gasteiger partial charge in [0.2, 0.25) is 0 Å². The van der Waals surface area contributed by atoms with Gasteiger partial charge in [-0.05, 0) is 48.9 Å². The van der Waals surface area contributed by atoms with E-state index >= 15 is 17.6 Å². The lowest BCUT2D eigenvalue weighted by Gasteiger charge is -2.11. The molecule has 0 atom stereocenters. The summed E-state index contributed by atoms with van der Waals surface area (Å²) in [6, 6.07) is 10.3. The summed E-state index contributed by atoms with van der Waals surface area (Å²) in [6.07, 6.45) is 9.72. The van der Waals surface area contributed by atoms with Crippen molar-refractivity contribution in [2.24, 2.45) is 0 Å². The van der Waals surface area contributed by atoms with Crippen molar-refractivity contribution < 1.29 is 17.6 Å². The van der Waals surface area contributed by atoms with Crippen LogP contribution in [-0.4, -0.2) is 0 Å². The molecule has 0 saturated carbocycles. The van der Waals surface area contributed by atoms with E-state index in [1.54, 1.807) is 24.3 Å². The molecule has 1 aromatic carbocycles. The van der Waals surface area contributed by atoms with Crippen LogP contribution in [0.2, 0.25) is 0 Å². The fourth-order valence-corrected chi connectivity index (χ4v) is 8.76. The van der Waals surface area contributed by atoms with Gasteiger partial charge in [-0.2, -0.15) is 21.0 Å². The monoisotopic (exact) mass is 664 g/mol. The molecule has 0 amide bonds. The van der Waals surface area contributed by atoms with Crippen molar-refractivity contribution in [2.75, 3.05) is 0 Å². The second-order valence-electron chi connectivity index (χ2n) is 10.5. The normalized spacial score (nSPS) is 12.4. The van der Waals surface area contributed by atoms with Gasteiger partial charge in [-0.15, -0.1) is 34.0 Å². The van der Waals surface area contributed by atoms with Gasteiger partial charge in [-0.3, -0.25) is 0 Å². The second kappa shape index (κ2) is 15.3. The Bertz CT molecular complexity index is 2060. The molecule has 0 N–H and O–H groups in total. The summed E-state index contributed by atoms with van der Waals surface area (Å²) < 4.78 is 60.6. The Kier molecular flexibility index (Phi) is 11.5. The summed E-state index contributed by atoms with van der Waals surface area (Å²) >= 11 is 2.19. The molecule has 0 saturated heterocycles. The van der Waals surface area contributed by atoms with Crippen LogP contribution in [0.15, 0.2) is 12.1 Å². The quantitative estimate of drug-likeness (QED) is 0.125. The van der Waals surface area contributed by atoms with Crippen molar-refractivity contribution in [1.29, 1.82) is 21.0 Å². The standard InChI is InChI=1S/C34H28F4N4S3/c1-3-5-7-9-11-19-13-23-24(14-20(19)12-10-8-6-4-2)32(34-28(38)26(36)30(44-34)22(17-41)18-42)45-31(23)33-27(37)25(35)29(43-33)21(15-39)16-40/h13-14H,3-12H2,1-2H3/b33-31-,34-32+. The zero-order valence-electron chi connectivity index (χ0n) is 24.8. The van der Waals surface area contributed by atoms with Crippen molar-refractivity contribution in [2.45, 2.75) is 78.1 Å². The first-order chi connectivity index (χ1) is 21.8. The number of thiophene rings is 3. The minimum atomic E-state index is -1.32. The number of hydrogen-bond acceptors (Lipinski definition) is 7. The topological polar surface area (TPSA) is 95.2 Å². The molecule has 0 unspecified atom stereocenters. The highest BCUT2D eigenvalue weighted by molar-refractivity contribution is 7.14. The van der Waals surface area contributed by atoms with E-state index in [4.69, 9.17) is 0 Å². The van der Waals surface area contributed by atoms with Crippen molar-refractivity contribution in [3.05, 3.63) is 73.7 Å². The van der Waals surface area contributed by atoms with E-state index in [9.17, 15) is 21.0 Å². The zero-order chi connectivity index (χ0) is 32.7. The Hall–Kier alpha value is -4.00. The van der Waals surface area contributed by atoms with E-state index in [2.05, 4.69) is 13.8 Å². The minimum absolute atomic E-state index is 0.154. The maximum absolute atomic E-state index is 15.5. The molecular weight excluding hydrogens is 637 g/mol. The van der Waals surface area contributed by atoms with Gasteiger partial charge in [0.1, 0.15) is 35.4 Å². The Morgan fingerprint density at radius 1 is 0.533 bits per heavy atom. The first-order valence-electron chi connectivity index (χ1n) is 14.7. The first-order valence-corrected chi connectivity index (χ1v) is 17.1. The Balaban J connectivity index is 2.26. The van der Waals surface area contributed by atoms with Gasteiger partial charge in [-0.1, -0.05) is 52.4 Å². The molecule has 3 heterocycles. The highest BCUT2D eigenvalue weighted by Gasteiger charge is 2.19.